The highest BCUT2D eigenvalue weighted by atomic mass is 79.9. The fourth-order valence-electron chi connectivity index (χ4n) is 0.839. The van der Waals surface area contributed by atoms with Crippen LogP contribution in [0, 0.1) is 29.3 Å². The third-order valence-electron chi connectivity index (χ3n) is 1.44. The Morgan fingerprint density at radius 1 is 1.14 bits per heavy atom. The molecule has 4 heteroatoms. The molecule has 74 valence electrons. The van der Waals surface area contributed by atoms with Crippen LogP contribution in [0.25, 0.3) is 0 Å². The third kappa shape index (κ3) is 2.78. The summed E-state index contributed by atoms with van der Waals surface area (Å²) in [6.07, 6.45) is 0.570. The van der Waals surface area contributed by atoms with Gasteiger partial charge in [-0.05, 0) is 12.1 Å². The maximum atomic E-state index is 12.7. The van der Waals surface area contributed by atoms with E-state index in [1.165, 1.54) is 0 Å². The van der Waals surface area contributed by atoms with E-state index in [0.29, 0.717) is 11.8 Å². The predicted octanol–water partition coefficient (Wildman–Crippen LogP) is 3.24. The minimum atomic E-state index is -1.46. The molecule has 0 unspecified atom stereocenters. The standard InChI is InChI=1S/C10H6BrF3/c11-4-2-1-3-7-5-8(12)10(14)9(13)6-7/h5-6H,2,4H2. The van der Waals surface area contributed by atoms with Crippen LogP contribution in [0.2, 0.25) is 0 Å². The summed E-state index contributed by atoms with van der Waals surface area (Å²) < 4.78 is 37.8. The fraction of sp³-hybridized carbons (Fsp3) is 0.200. The van der Waals surface area contributed by atoms with E-state index in [-0.39, 0.29) is 5.56 Å². The second-order valence-corrected chi connectivity index (χ2v) is 3.29. The zero-order valence-electron chi connectivity index (χ0n) is 7.08. The maximum absolute atomic E-state index is 12.7. The zero-order valence-corrected chi connectivity index (χ0v) is 8.67. The van der Waals surface area contributed by atoms with E-state index < -0.39 is 17.5 Å². The zero-order chi connectivity index (χ0) is 10.6. The molecule has 0 aliphatic heterocycles. The van der Waals surface area contributed by atoms with Crippen LogP contribution in [-0.4, -0.2) is 5.33 Å². The minimum absolute atomic E-state index is 0.141. The summed E-state index contributed by atoms with van der Waals surface area (Å²) in [7, 11) is 0. The van der Waals surface area contributed by atoms with Crippen LogP contribution >= 0.6 is 15.9 Å². The highest BCUT2D eigenvalue weighted by Gasteiger charge is 2.08. The van der Waals surface area contributed by atoms with Crippen LogP contribution < -0.4 is 0 Å². The van der Waals surface area contributed by atoms with Crippen molar-refractivity contribution >= 4 is 15.9 Å². The van der Waals surface area contributed by atoms with Crippen LogP contribution in [0.3, 0.4) is 0 Å². The Hall–Kier alpha value is -0.950. The average molecular weight is 263 g/mol. The first-order valence-corrected chi connectivity index (χ1v) is 4.96. The Morgan fingerprint density at radius 3 is 2.21 bits per heavy atom. The molecule has 0 aromatic heterocycles. The number of alkyl halides is 1. The number of hydrogen-bond donors (Lipinski definition) is 0. The molecule has 0 amide bonds. The summed E-state index contributed by atoms with van der Waals surface area (Å²) in [5, 5.41) is 0.687. The van der Waals surface area contributed by atoms with Gasteiger partial charge in [0.2, 0.25) is 0 Å². The monoisotopic (exact) mass is 262 g/mol. The van der Waals surface area contributed by atoms with Gasteiger partial charge in [-0.3, -0.25) is 0 Å². The highest BCUT2D eigenvalue weighted by molar-refractivity contribution is 9.09. The van der Waals surface area contributed by atoms with E-state index >= 15 is 0 Å². The summed E-state index contributed by atoms with van der Waals surface area (Å²) in [4.78, 5) is 0. The van der Waals surface area contributed by atoms with Crippen LogP contribution in [0.15, 0.2) is 12.1 Å². The largest absolute Gasteiger partial charge is 0.204 e. The molecular formula is C10H6BrF3. The highest BCUT2D eigenvalue weighted by Crippen LogP contribution is 2.12. The molecule has 0 heterocycles. The van der Waals surface area contributed by atoms with Gasteiger partial charge in [-0.15, -0.1) is 0 Å². The van der Waals surface area contributed by atoms with Crippen molar-refractivity contribution in [1.29, 1.82) is 0 Å². The number of halogens is 4. The smallest absolute Gasteiger partial charge is 0.194 e. The van der Waals surface area contributed by atoms with Crippen molar-refractivity contribution < 1.29 is 13.2 Å². The molecule has 0 aliphatic rings. The lowest BCUT2D eigenvalue weighted by Crippen LogP contribution is -1.91. The summed E-state index contributed by atoms with van der Waals surface area (Å²) in [5.41, 5.74) is 0.141. The van der Waals surface area contributed by atoms with E-state index in [9.17, 15) is 13.2 Å². The van der Waals surface area contributed by atoms with E-state index in [1.54, 1.807) is 0 Å². The van der Waals surface area contributed by atoms with E-state index in [4.69, 9.17) is 0 Å². The summed E-state index contributed by atoms with van der Waals surface area (Å²) in [6, 6.07) is 1.75. The predicted molar refractivity (Wildman–Crippen MR) is 51.6 cm³/mol. The van der Waals surface area contributed by atoms with Crippen molar-refractivity contribution in [1.82, 2.24) is 0 Å². The molecule has 0 atom stereocenters. The van der Waals surface area contributed by atoms with Crippen LogP contribution in [0.5, 0.6) is 0 Å². The fourth-order valence-corrected chi connectivity index (χ4v) is 1.04. The van der Waals surface area contributed by atoms with E-state index in [0.717, 1.165) is 12.1 Å². The molecule has 0 nitrogen and oxygen atoms in total. The first-order chi connectivity index (χ1) is 6.65. The third-order valence-corrected chi connectivity index (χ3v) is 1.83. The molecule has 1 aromatic carbocycles. The molecule has 1 aromatic rings. The number of hydrogen-bond acceptors (Lipinski definition) is 0. The second kappa shape index (κ2) is 5.06. The van der Waals surface area contributed by atoms with Gasteiger partial charge in [-0.1, -0.05) is 27.8 Å². The number of benzene rings is 1. The van der Waals surface area contributed by atoms with Crippen LogP contribution in [0.1, 0.15) is 12.0 Å². The van der Waals surface area contributed by atoms with Gasteiger partial charge in [-0.25, -0.2) is 13.2 Å². The molecule has 0 radical (unpaired) electrons. The van der Waals surface area contributed by atoms with Crippen molar-refractivity contribution in [2.75, 3.05) is 5.33 Å². The minimum Gasteiger partial charge on any atom is -0.204 e. The normalized spacial score (nSPS) is 9.43. The number of rotatable bonds is 1. The van der Waals surface area contributed by atoms with E-state index in [1.807, 2.05) is 0 Å². The van der Waals surface area contributed by atoms with Gasteiger partial charge in [0.1, 0.15) is 0 Å². The van der Waals surface area contributed by atoms with Gasteiger partial charge in [-0.2, -0.15) is 0 Å². The summed E-state index contributed by atoms with van der Waals surface area (Å²) >= 11 is 3.15. The summed E-state index contributed by atoms with van der Waals surface area (Å²) in [6.45, 7) is 0. The maximum Gasteiger partial charge on any atom is 0.194 e. The SMILES string of the molecule is Fc1cc(C#CCCBr)cc(F)c1F. The quantitative estimate of drug-likeness (QED) is 0.414. The second-order valence-electron chi connectivity index (χ2n) is 2.49. The Morgan fingerprint density at radius 2 is 1.71 bits per heavy atom. The molecular weight excluding hydrogens is 257 g/mol. The van der Waals surface area contributed by atoms with Crippen LogP contribution in [0.4, 0.5) is 13.2 Å². The molecule has 0 fully saturated rings. The lowest BCUT2D eigenvalue weighted by Gasteiger charge is -1.95. The molecule has 0 saturated heterocycles. The Bertz CT molecular complexity index is 367. The molecule has 1 rings (SSSR count). The van der Waals surface area contributed by atoms with Gasteiger partial charge in [0.15, 0.2) is 17.5 Å². The lowest BCUT2D eigenvalue weighted by atomic mass is 10.2. The van der Waals surface area contributed by atoms with Crippen molar-refractivity contribution in [3.63, 3.8) is 0 Å². The first-order valence-electron chi connectivity index (χ1n) is 3.84. The summed E-state index contributed by atoms with van der Waals surface area (Å²) in [5.74, 6) is 1.31. The van der Waals surface area contributed by atoms with Gasteiger partial charge in [0.05, 0.1) is 0 Å². The van der Waals surface area contributed by atoms with Crippen molar-refractivity contribution in [3.8, 4) is 11.8 Å². The molecule has 0 aliphatic carbocycles. The Balaban J connectivity index is 2.97. The molecule has 0 saturated carbocycles. The average Bonchev–Trinajstić information content (AvgIpc) is 2.14. The first kappa shape index (κ1) is 11.1. The van der Waals surface area contributed by atoms with Gasteiger partial charge in [0.25, 0.3) is 0 Å². The molecule has 0 N–H and O–H groups in total. The van der Waals surface area contributed by atoms with E-state index in [2.05, 4.69) is 27.8 Å². The van der Waals surface area contributed by atoms with Crippen molar-refractivity contribution in [2.24, 2.45) is 0 Å². The lowest BCUT2D eigenvalue weighted by molar-refractivity contribution is 0.446. The van der Waals surface area contributed by atoms with Gasteiger partial charge in [0, 0.05) is 17.3 Å². The van der Waals surface area contributed by atoms with Gasteiger partial charge >= 0.3 is 0 Å². The Labute approximate surface area is 88.3 Å². The topological polar surface area (TPSA) is 0 Å². The Kier molecular flexibility index (Phi) is 4.02. The van der Waals surface area contributed by atoms with Crippen molar-refractivity contribution in [3.05, 3.63) is 35.1 Å². The molecule has 14 heavy (non-hydrogen) atoms. The van der Waals surface area contributed by atoms with Gasteiger partial charge < -0.3 is 0 Å². The molecule has 0 spiro atoms. The van der Waals surface area contributed by atoms with Crippen LogP contribution in [-0.2, 0) is 0 Å². The van der Waals surface area contributed by atoms with Crippen molar-refractivity contribution in [2.45, 2.75) is 6.42 Å². The molecule has 0 bridgehead atoms.